The fourth-order valence-corrected chi connectivity index (χ4v) is 3.42. The molecule has 0 bridgehead atoms. The molecule has 1 aromatic carbocycles. The van der Waals surface area contributed by atoms with Crippen LogP contribution in [0.25, 0.3) is 0 Å². The van der Waals surface area contributed by atoms with Crippen molar-refractivity contribution in [1.82, 2.24) is 5.32 Å². The van der Waals surface area contributed by atoms with Crippen molar-refractivity contribution in [2.45, 2.75) is 17.7 Å². The zero-order valence-electron chi connectivity index (χ0n) is 10.7. The minimum Gasteiger partial charge on any atom is -0.478 e. The molecule has 0 fully saturated rings. The SMILES string of the molecule is CNC(=O)CCCS(=O)(=O)c1cc(C(=O)O)ccc1Cl. The summed E-state index contributed by atoms with van der Waals surface area (Å²) in [5.41, 5.74) is -0.153. The number of hydrogen-bond donors (Lipinski definition) is 2. The fourth-order valence-electron chi connectivity index (χ4n) is 1.53. The number of carboxylic acids is 1. The second-order valence-electron chi connectivity index (χ2n) is 4.05. The molecule has 0 heterocycles. The summed E-state index contributed by atoms with van der Waals surface area (Å²) in [4.78, 5) is 21.7. The predicted molar refractivity (Wildman–Crippen MR) is 73.8 cm³/mol. The number of rotatable bonds is 6. The van der Waals surface area contributed by atoms with Gasteiger partial charge in [-0.25, -0.2) is 13.2 Å². The van der Waals surface area contributed by atoms with Crippen LogP contribution in [0.15, 0.2) is 23.1 Å². The molecule has 2 N–H and O–H groups in total. The summed E-state index contributed by atoms with van der Waals surface area (Å²) in [5, 5.41) is 11.2. The van der Waals surface area contributed by atoms with Crippen molar-refractivity contribution in [1.29, 1.82) is 0 Å². The van der Waals surface area contributed by atoms with E-state index < -0.39 is 15.8 Å². The van der Waals surface area contributed by atoms with E-state index in [0.717, 1.165) is 6.07 Å². The molecular formula is C12H14ClNO5S. The molecule has 1 amide bonds. The number of sulfone groups is 1. The van der Waals surface area contributed by atoms with Crippen molar-refractivity contribution in [2.24, 2.45) is 0 Å². The molecule has 0 saturated heterocycles. The van der Waals surface area contributed by atoms with E-state index in [1.807, 2.05) is 0 Å². The highest BCUT2D eigenvalue weighted by atomic mass is 35.5. The lowest BCUT2D eigenvalue weighted by atomic mass is 10.2. The average Bonchev–Trinajstić information content (AvgIpc) is 2.38. The van der Waals surface area contributed by atoms with Gasteiger partial charge in [0.15, 0.2) is 9.84 Å². The summed E-state index contributed by atoms with van der Waals surface area (Å²) in [6.45, 7) is 0. The van der Waals surface area contributed by atoms with Crippen LogP contribution in [-0.4, -0.2) is 38.2 Å². The Balaban J connectivity index is 2.94. The molecule has 110 valence electrons. The van der Waals surface area contributed by atoms with Gasteiger partial charge in [0, 0.05) is 13.5 Å². The number of amides is 1. The number of hydrogen-bond acceptors (Lipinski definition) is 4. The molecule has 0 atom stereocenters. The Morgan fingerprint density at radius 3 is 2.55 bits per heavy atom. The Labute approximate surface area is 121 Å². The number of nitrogens with one attached hydrogen (secondary N) is 1. The van der Waals surface area contributed by atoms with Gasteiger partial charge in [-0.2, -0.15) is 0 Å². The molecule has 0 aromatic heterocycles. The van der Waals surface area contributed by atoms with Gasteiger partial charge in [-0.15, -0.1) is 0 Å². The van der Waals surface area contributed by atoms with Crippen LogP contribution in [-0.2, 0) is 14.6 Å². The number of carbonyl (C=O) groups is 2. The van der Waals surface area contributed by atoms with E-state index in [1.54, 1.807) is 0 Å². The van der Waals surface area contributed by atoms with E-state index in [9.17, 15) is 18.0 Å². The van der Waals surface area contributed by atoms with Crippen LogP contribution in [0, 0.1) is 0 Å². The Bertz CT molecular complexity index is 627. The first-order chi connectivity index (χ1) is 9.27. The molecule has 0 aliphatic heterocycles. The maximum Gasteiger partial charge on any atom is 0.335 e. The van der Waals surface area contributed by atoms with Gasteiger partial charge in [-0.3, -0.25) is 4.79 Å². The minimum atomic E-state index is -3.73. The van der Waals surface area contributed by atoms with E-state index in [4.69, 9.17) is 16.7 Å². The van der Waals surface area contributed by atoms with Crippen molar-refractivity contribution < 1.29 is 23.1 Å². The summed E-state index contributed by atoms with van der Waals surface area (Å²) in [7, 11) is -2.26. The molecule has 1 rings (SSSR count). The number of halogens is 1. The molecule has 0 aliphatic rings. The van der Waals surface area contributed by atoms with Gasteiger partial charge in [0.05, 0.1) is 21.2 Å². The molecule has 6 nitrogen and oxygen atoms in total. The Morgan fingerprint density at radius 1 is 1.35 bits per heavy atom. The van der Waals surface area contributed by atoms with Crippen LogP contribution < -0.4 is 5.32 Å². The summed E-state index contributed by atoms with van der Waals surface area (Å²) in [6.07, 6.45) is 0.210. The van der Waals surface area contributed by atoms with Crippen LogP contribution in [0.3, 0.4) is 0 Å². The highest BCUT2D eigenvalue weighted by Crippen LogP contribution is 2.24. The van der Waals surface area contributed by atoms with E-state index in [0.29, 0.717) is 0 Å². The maximum absolute atomic E-state index is 12.1. The standard InChI is InChI=1S/C12H14ClNO5S/c1-14-11(15)3-2-6-20(18,19)10-7-8(12(16)17)4-5-9(10)13/h4-5,7H,2-3,6H2,1H3,(H,14,15)(H,16,17). The van der Waals surface area contributed by atoms with Crippen LogP contribution in [0.1, 0.15) is 23.2 Å². The first-order valence-corrected chi connectivity index (χ1v) is 7.77. The molecule has 0 aliphatic carbocycles. The Morgan fingerprint density at radius 2 is 2.00 bits per heavy atom. The lowest BCUT2D eigenvalue weighted by Gasteiger charge is -2.07. The molecule has 0 radical (unpaired) electrons. The molecule has 0 saturated carbocycles. The third-order valence-corrected chi connectivity index (χ3v) is 4.88. The Kier molecular flexibility index (Phi) is 5.52. The fraction of sp³-hybridized carbons (Fsp3) is 0.333. The van der Waals surface area contributed by atoms with Crippen LogP contribution in [0.2, 0.25) is 5.02 Å². The van der Waals surface area contributed by atoms with Crippen LogP contribution in [0.4, 0.5) is 0 Å². The predicted octanol–water partition coefficient (Wildman–Crippen LogP) is 1.34. The molecule has 1 aromatic rings. The second kappa shape index (κ2) is 6.71. The molecule has 20 heavy (non-hydrogen) atoms. The molecule has 0 unspecified atom stereocenters. The number of benzene rings is 1. The van der Waals surface area contributed by atoms with E-state index in [1.165, 1.54) is 19.2 Å². The topological polar surface area (TPSA) is 101 Å². The first kappa shape index (κ1) is 16.5. The smallest absolute Gasteiger partial charge is 0.335 e. The average molecular weight is 320 g/mol. The summed E-state index contributed by atoms with van der Waals surface area (Å²) >= 11 is 5.80. The van der Waals surface area contributed by atoms with Gasteiger partial charge in [0.2, 0.25) is 5.91 Å². The highest BCUT2D eigenvalue weighted by Gasteiger charge is 2.20. The van der Waals surface area contributed by atoms with Gasteiger partial charge < -0.3 is 10.4 Å². The monoisotopic (exact) mass is 319 g/mol. The minimum absolute atomic E-state index is 0.0325. The van der Waals surface area contributed by atoms with Crippen molar-refractivity contribution in [3.8, 4) is 0 Å². The second-order valence-corrected chi connectivity index (χ2v) is 6.53. The highest BCUT2D eigenvalue weighted by molar-refractivity contribution is 7.91. The van der Waals surface area contributed by atoms with E-state index in [-0.39, 0.29) is 40.0 Å². The molecule has 0 spiro atoms. The van der Waals surface area contributed by atoms with Crippen molar-refractivity contribution >= 4 is 33.3 Å². The van der Waals surface area contributed by atoms with Crippen molar-refractivity contribution in [3.63, 3.8) is 0 Å². The normalized spacial score (nSPS) is 11.1. The van der Waals surface area contributed by atoms with Gasteiger partial charge in [0.1, 0.15) is 0 Å². The number of carbonyl (C=O) groups excluding carboxylic acids is 1. The van der Waals surface area contributed by atoms with Gasteiger partial charge >= 0.3 is 5.97 Å². The quantitative estimate of drug-likeness (QED) is 0.824. The Hall–Kier alpha value is -1.60. The number of aromatic carboxylic acids is 1. The molecular weight excluding hydrogens is 306 g/mol. The van der Waals surface area contributed by atoms with Gasteiger partial charge in [-0.1, -0.05) is 11.6 Å². The van der Waals surface area contributed by atoms with Gasteiger partial charge in [-0.05, 0) is 24.6 Å². The largest absolute Gasteiger partial charge is 0.478 e. The lowest BCUT2D eigenvalue weighted by Crippen LogP contribution is -2.19. The number of carboxylic acid groups (broad SMARTS) is 1. The third-order valence-electron chi connectivity index (χ3n) is 2.61. The summed E-state index contributed by atoms with van der Waals surface area (Å²) in [6, 6.07) is 3.49. The van der Waals surface area contributed by atoms with Crippen LogP contribution >= 0.6 is 11.6 Å². The zero-order chi connectivity index (χ0) is 15.3. The van der Waals surface area contributed by atoms with Crippen LogP contribution in [0.5, 0.6) is 0 Å². The zero-order valence-corrected chi connectivity index (χ0v) is 12.3. The van der Waals surface area contributed by atoms with Crippen molar-refractivity contribution in [2.75, 3.05) is 12.8 Å². The van der Waals surface area contributed by atoms with E-state index >= 15 is 0 Å². The van der Waals surface area contributed by atoms with Gasteiger partial charge in [0.25, 0.3) is 0 Å². The lowest BCUT2D eigenvalue weighted by molar-refractivity contribution is -0.120. The summed E-state index contributed by atoms with van der Waals surface area (Å²) < 4.78 is 24.2. The first-order valence-electron chi connectivity index (χ1n) is 5.74. The third kappa shape index (κ3) is 4.21. The summed E-state index contributed by atoms with van der Waals surface area (Å²) in [5.74, 6) is -1.77. The maximum atomic E-state index is 12.1. The van der Waals surface area contributed by atoms with E-state index in [2.05, 4.69) is 5.32 Å². The van der Waals surface area contributed by atoms with Crippen molar-refractivity contribution in [3.05, 3.63) is 28.8 Å². The molecule has 8 heteroatoms.